The van der Waals surface area contributed by atoms with Gasteiger partial charge in [-0.25, -0.2) is 0 Å². The van der Waals surface area contributed by atoms with E-state index in [1.165, 1.54) is 0 Å². The Labute approximate surface area is 126 Å². The number of nitrogens with zero attached hydrogens (tertiary/aromatic N) is 3. The maximum Gasteiger partial charge on any atom is 0.240 e. The number of amides is 1. The normalized spacial score (nSPS) is 18.8. The molecule has 1 unspecified atom stereocenters. The van der Waals surface area contributed by atoms with Crippen LogP contribution in [0.3, 0.4) is 0 Å². The van der Waals surface area contributed by atoms with Crippen molar-refractivity contribution in [2.45, 2.75) is 40.3 Å². The van der Waals surface area contributed by atoms with Crippen LogP contribution >= 0.6 is 0 Å². The number of piperazine rings is 1. The second kappa shape index (κ2) is 6.15. The fraction of sp³-hybridized carbons (Fsp3) is 0.733. The van der Waals surface area contributed by atoms with E-state index in [1.54, 1.807) is 0 Å². The SMILES string of the molecule is Cc1cc(CN2CCN(C(=O)C(N)C(C)(C)C)CC2)on1. The van der Waals surface area contributed by atoms with E-state index in [0.717, 1.165) is 44.2 Å². The van der Waals surface area contributed by atoms with Gasteiger partial charge in [0.1, 0.15) is 0 Å². The Bertz CT molecular complexity index is 484. The monoisotopic (exact) mass is 294 g/mol. The molecule has 2 heterocycles. The standard InChI is InChI=1S/C15H26N4O2/c1-11-9-12(21-17-11)10-18-5-7-19(8-6-18)14(20)13(16)15(2,3)4/h9,13H,5-8,10,16H2,1-4H3. The first-order chi connectivity index (χ1) is 9.77. The summed E-state index contributed by atoms with van der Waals surface area (Å²) in [5.74, 6) is 0.927. The molecule has 0 spiro atoms. The van der Waals surface area contributed by atoms with Gasteiger partial charge in [0, 0.05) is 32.2 Å². The van der Waals surface area contributed by atoms with Crippen LogP contribution < -0.4 is 5.73 Å². The van der Waals surface area contributed by atoms with Crippen LogP contribution in [0, 0.1) is 12.3 Å². The van der Waals surface area contributed by atoms with E-state index in [4.69, 9.17) is 10.3 Å². The van der Waals surface area contributed by atoms with Crippen molar-refractivity contribution in [3.8, 4) is 0 Å². The quantitative estimate of drug-likeness (QED) is 0.900. The smallest absolute Gasteiger partial charge is 0.240 e. The lowest BCUT2D eigenvalue weighted by molar-refractivity contribution is -0.136. The van der Waals surface area contributed by atoms with E-state index in [-0.39, 0.29) is 11.3 Å². The van der Waals surface area contributed by atoms with Gasteiger partial charge in [0.15, 0.2) is 5.76 Å². The molecular formula is C15H26N4O2. The third-order valence-electron chi connectivity index (χ3n) is 3.94. The summed E-state index contributed by atoms with van der Waals surface area (Å²) in [5.41, 5.74) is 6.75. The second-order valence-corrected chi connectivity index (χ2v) is 6.88. The Morgan fingerprint density at radius 3 is 2.48 bits per heavy atom. The highest BCUT2D eigenvalue weighted by atomic mass is 16.5. The van der Waals surface area contributed by atoms with E-state index in [1.807, 2.05) is 38.7 Å². The highest BCUT2D eigenvalue weighted by Crippen LogP contribution is 2.20. The van der Waals surface area contributed by atoms with E-state index >= 15 is 0 Å². The van der Waals surface area contributed by atoms with Crippen LogP contribution in [0.2, 0.25) is 0 Å². The van der Waals surface area contributed by atoms with Crippen molar-refractivity contribution in [1.29, 1.82) is 0 Å². The van der Waals surface area contributed by atoms with Crippen LogP contribution in [0.25, 0.3) is 0 Å². The number of hydrogen-bond donors (Lipinski definition) is 1. The third-order valence-corrected chi connectivity index (χ3v) is 3.94. The lowest BCUT2D eigenvalue weighted by Gasteiger charge is -2.37. The fourth-order valence-corrected chi connectivity index (χ4v) is 2.40. The van der Waals surface area contributed by atoms with Crippen LogP contribution in [0.1, 0.15) is 32.2 Å². The molecule has 2 N–H and O–H groups in total. The van der Waals surface area contributed by atoms with Gasteiger partial charge in [0.05, 0.1) is 18.3 Å². The number of aryl methyl sites for hydroxylation is 1. The van der Waals surface area contributed by atoms with E-state index in [9.17, 15) is 4.79 Å². The number of aromatic nitrogens is 1. The highest BCUT2D eigenvalue weighted by Gasteiger charge is 2.32. The number of carbonyl (C=O) groups excluding carboxylic acids is 1. The van der Waals surface area contributed by atoms with Crippen LogP contribution in [-0.4, -0.2) is 53.1 Å². The average molecular weight is 294 g/mol. The minimum absolute atomic E-state index is 0.0534. The predicted octanol–water partition coefficient (Wildman–Crippen LogP) is 1.00. The maximum absolute atomic E-state index is 12.4. The average Bonchev–Trinajstić information content (AvgIpc) is 2.82. The highest BCUT2D eigenvalue weighted by molar-refractivity contribution is 5.82. The Morgan fingerprint density at radius 1 is 1.38 bits per heavy atom. The van der Waals surface area contributed by atoms with Gasteiger partial charge >= 0.3 is 0 Å². The number of hydrogen-bond acceptors (Lipinski definition) is 5. The topological polar surface area (TPSA) is 75.6 Å². The minimum Gasteiger partial charge on any atom is -0.360 e. The molecule has 0 aromatic carbocycles. The van der Waals surface area contributed by atoms with Crippen molar-refractivity contribution < 1.29 is 9.32 Å². The van der Waals surface area contributed by atoms with Gasteiger partial charge in [-0.05, 0) is 12.3 Å². The van der Waals surface area contributed by atoms with Crippen molar-refractivity contribution in [3.05, 3.63) is 17.5 Å². The molecule has 0 bridgehead atoms. The van der Waals surface area contributed by atoms with Crippen LogP contribution in [0.15, 0.2) is 10.6 Å². The fourth-order valence-electron chi connectivity index (χ4n) is 2.40. The third kappa shape index (κ3) is 4.04. The molecule has 21 heavy (non-hydrogen) atoms. The number of nitrogens with two attached hydrogens (primary N) is 1. The molecule has 118 valence electrons. The first kappa shape index (κ1) is 16.0. The summed E-state index contributed by atoms with van der Waals surface area (Å²) in [6.07, 6.45) is 0. The zero-order valence-electron chi connectivity index (χ0n) is 13.4. The van der Waals surface area contributed by atoms with Crippen molar-refractivity contribution in [2.24, 2.45) is 11.1 Å². The van der Waals surface area contributed by atoms with E-state index < -0.39 is 6.04 Å². The Balaban J connectivity index is 1.84. The zero-order chi connectivity index (χ0) is 15.6. The summed E-state index contributed by atoms with van der Waals surface area (Å²) < 4.78 is 5.23. The molecule has 0 saturated carbocycles. The Kier molecular flexibility index (Phi) is 4.68. The molecule has 0 radical (unpaired) electrons. The van der Waals surface area contributed by atoms with Crippen molar-refractivity contribution in [2.75, 3.05) is 26.2 Å². The lowest BCUT2D eigenvalue weighted by Crippen LogP contribution is -2.56. The molecule has 2 rings (SSSR count). The molecule has 0 aliphatic carbocycles. The van der Waals surface area contributed by atoms with Crippen LogP contribution in [0.5, 0.6) is 0 Å². The van der Waals surface area contributed by atoms with Crippen molar-refractivity contribution in [3.63, 3.8) is 0 Å². The molecule has 1 amide bonds. The molecule has 1 atom stereocenters. The van der Waals surface area contributed by atoms with Gasteiger partial charge in [-0.1, -0.05) is 25.9 Å². The molecule has 1 aromatic heterocycles. The summed E-state index contributed by atoms with van der Waals surface area (Å²) in [7, 11) is 0. The van der Waals surface area contributed by atoms with Gasteiger partial charge < -0.3 is 15.2 Å². The van der Waals surface area contributed by atoms with Crippen molar-refractivity contribution >= 4 is 5.91 Å². The molecule has 6 nitrogen and oxygen atoms in total. The van der Waals surface area contributed by atoms with Gasteiger partial charge in [-0.15, -0.1) is 0 Å². The van der Waals surface area contributed by atoms with E-state index in [0.29, 0.717) is 0 Å². The number of carbonyl (C=O) groups is 1. The summed E-state index contributed by atoms with van der Waals surface area (Å²) >= 11 is 0. The number of rotatable bonds is 3. The maximum atomic E-state index is 12.4. The van der Waals surface area contributed by atoms with E-state index in [2.05, 4.69) is 10.1 Å². The van der Waals surface area contributed by atoms with Gasteiger partial charge in [0.2, 0.25) is 5.91 Å². The first-order valence-electron chi connectivity index (χ1n) is 7.46. The summed E-state index contributed by atoms with van der Waals surface area (Å²) in [5, 5.41) is 3.89. The summed E-state index contributed by atoms with van der Waals surface area (Å²) in [6.45, 7) is 11.8. The molecular weight excluding hydrogens is 268 g/mol. The van der Waals surface area contributed by atoms with Gasteiger partial charge in [-0.3, -0.25) is 9.69 Å². The van der Waals surface area contributed by atoms with Crippen LogP contribution in [0.4, 0.5) is 0 Å². The van der Waals surface area contributed by atoms with Gasteiger partial charge in [-0.2, -0.15) is 0 Å². The Hall–Kier alpha value is -1.40. The lowest BCUT2D eigenvalue weighted by atomic mass is 9.86. The molecule has 6 heteroatoms. The van der Waals surface area contributed by atoms with Crippen molar-refractivity contribution in [1.82, 2.24) is 15.0 Å². The Morgan fingerprint density at radius 2 is 2.00 bits per heavy atom. The largest absolute Gasteiger partial charge is 0.360 e. The molecule has 1 fully saturated rings. The molecule has 1 aliphatic rings. The predicted molar refractivity (Wildman–Crippen MR) is 80.5 cm³/mol. The molecule has 1 saturated heterocycles. The minimum atomic E-state index is -0.444. The summed E-state index contributed by atoms with van der Waals surface area (Å²) in [6, 6.07) is 1.51. The molecule has 1 aliphatic heterocycles. The van der Waals surface area contributed by atoms with Crippen LogP contribution in [-0.2, 0) is 11.3 Å². The zero-order valence-corrected chi connectivity index (χ0v) is 13.4. The first-order valence-corrected chi connectivity index (χ1v) is 7.46. The molecule has 1 aromatic rings. The second-order valence-electron chi connectivity index (χ2n) is 6.88. The summed E-state index contributed by atoms with van der Waals surface area (Å²) in [4.78, 5) is 16.5. The van der Waals surface area contributed by atoms with Gasteiger partial charge in [0.25, 0.3) is 0 Å².